The van der Waals surface area contributed by atoms with Crippen LogP contribution >= 0.6 is 0 Å². The molecule has 3 saturated heterocycles. The SMILES string of the molecule is COc1ccccc1N1C[C@@H]2C[C@@H](c3cccc4ncccc34)N3CCC[C@@]23C1=O. The first kappa shape index (κ1) is 17.9. The number of aromatic nitrogens is 1. The Labute approximate surface area is 176 Å². The normalized spacial score (nSPS) is 28.2. The Bertz CT molecular complexity index is 1140. The highest BCUT2D eigenvalue weighted by atomic mass is 16.5. The van der Waals surface area contributed by atoms with E-state index in [1.807, 2.05) is 41.4 Å². The van der Waals surface area contributed by atoms with Gasteiger partial charge in [0.05, 0.1) is 18.3 Å². The molecule has 2 aromatic carbocycles. The number of anilines is 1. The van der Waals surface area contributed by atoms with Gasteiger partial charge in [0.25, 0.3) is 0 Å². The van der Waals surface area contributed by atoms with E-state index in [0.29, 0.717) is 5.92 Å². The monoisotopic (exact) mass is 399 g/mol. The smallest absolute Gasteiger partial charge is 0.248 e. The fourth-order valence-electron chi connectivity index (χ4n) is 6.27. The van der Waals surface area contributed by atoms with Crippen molar-refractivity contribution in [3.63, 3.8) is 0 Å². The van der Waals surface area contributed by atoms with E-state index in [9.17, 15) is 4.79 Å². The molecule has 0 saturated carbocycles. The number of para-hydroxylation sites is 2. The van der Waals surface area contributed by atoms with Crippen LogP contribution in [0.2, 0.25) is 0 Å². The van der Waals surface area contributed by atoms with Gasteiger partial charge >= 0.3 is 0 Å². The molecule has 30 heavy (non-hydrogen) atoms. The molecule has 0 unspecified atom stereocenters. The fraction of sp³-hybridized carbons (Fsp3) is 0.360. The molecule has 1 aromatic heterocycles. The topological polar surface area (TPSA) is 45.7 Å². The Balaban J connectivity index is 1.41. The van der Waals surface area contributed by atoms with Crippen LogP contribution in [-0.2, 0) is 4.79 Å². The van der Waals surface area contributed by atoms with E-state index in [1.165, 1.54) is 10.9 Å². The van der Waals surface area contributed by atoms with Crippen molar-refractivity contribution in [2.45, 2.75) is 30.8 Å². The largest absolute Gasteiger partial charge is 0.495 e. The van der Waals surface area contributed by atoms with Gasteiger partial charge in [-0.1, -0.05) is 30.3 Å². The third kappa shape index (κ3) is 2.27. The van der Waals surface area contributed by atoms with Crippen LogP contribution in [0.1, 0.15) is 30.9 Å². The molecule has 0 radical (unpaired) electrons. The molecule has 5 nitrogen and oxygen atoms in total. The molecule has 5 heteroatoms. The summed E-state index contributed by atoms with van der Waals surface area (Å²) in [4.78, 5) is 22.9. The van der Waals surface area contributed by atoms with Crippen LogP contribution in [0.4, 0.5) is 5.69 Å². The van der Waals surface area contributed by atoms with Crippen molar-refractivity contribution >= 4 is 22.5 Å². The zero-order valence-electron chi connectivity index (χ0n) is 17.1. The van der Waals surface area contributed by atoms with Crippen LogP contribution in [0.3, 0.4) is 0 Å². The molecule has 0 bridgehead atoms. The van der Waals surface area contributed by atoms with Crippen molar-refractivity contribution in [1.82, 2.24) is 9.88 Å². The minimum atomic E-state index is -0.379. The summed E-state index contributed by atoms with van der Waals surface area (Å²) >= 11 is 0. The molecule has 3 aliphatic rings. The number of benzene rings is 2. The highest BCUT2D eigenvalue weighted by Crippen LogP contribution is 2.57. The van der Waals surface area contributed by atoms with Crippen LogP contribution in [0.25, 0.3) is 10.9 Å². The molecule has 0 N–H and O–H groups in total. The zero-order valence-corrected chi connectivity index (χ0v) is 17.1. The number of carbonyl (C=O) groups excluding carboxylic acids is 1. The lowest BCUT2D eigenvalue weighted by Gasteiger charge is -2.34. The van der Waals surface area contributed by atoms with Gasteiger partial charge in [-0.25, -0.2) is 0 Å². The maximum Gasteiger partial charge on any atom is 0.248 e. The van der Waals surface area contributed by atoms with Crippen molar-refractivity contribution < 1.29 is 9.53 Å². The molecule has 152 valence electrons. The van der Waals surface area contributed by atoms with Crippen LogP contribution in [-0.4, -0.2) is 41.5 Å². The van der Waals surface area contributed by atoms with Crippen LogP contribution < -0.4 is 9.64 Å². The predicted octanol–water partition coefficient (Wildman–Crippen LogP) is 4.19. The Hall–Kier alpha value is -2.92. The third-order valence-electron chi connectivity index (χ3n) is 7.46. The lowest BCUT2D eigenvalue weighted by atomic mass is 9.85. The minimum Gasteiger partial charge on any atom is -0.495 e. The van der Waals surface area contributed by atoms with Crippen molar-refractivity contribution in [2.75, 3.05) is 25.1 Å². The van der Waals surface area contributed by atoms with Crippen molar-refractivity contribution in [3.8, 4) is 5.75 Å². The summed E-state index contributed by atoms with van der Waals surface area (Å²) in [6.45, 7) is 1.73. The van der Waals surface area contributed by atoms with E-state index in [0.717, 1.165) is 49.3 Å². The number of pyridine rings is 1. The highest BCUT2D eigenvalue weighted by Gasteiger charge is 2.65. The van der Waals surface area contributed by atoms with Gasteiger partial charge in [0, 0.05) is 30.1 Å². The summed E-state index contributed by atoms with van der Waals surface area (Å²) in [6.07, 6.45) is 4.87. The van der Waals surface area contributed by atoms with E-state index in [2.05, 4.69) is 34.1 Å². The summed E-state index contributed by atoms with van der Waals surface area (Å²) in [5.74, 6) is 1.34. The summed E-state index contributed by atoms with van der Waals surface area (Å²) < 4.78 is 5.56. The van der Waals surface area contributed by atoms with Gasteiger partial charge in [0.2, 0.25) is 5.91 Å². The third-order valence-corrected chi connectivity index (χ3v) is 7.46. The average molecular weight is 399 g/mol. The van der Waals surface area contributed by atoms with Gasteiger partial charge in [0.1, 0.15) is 11.3 Å². The second-order valence-corrected chi connectivity index (χ2v) is 8.67. The van der Waals surface area contributed by atoms with E-state index in [-0.39, 0.29) is 17.5 Å². The summed E-state index contributed by atoms with van der Waals surface area (Å²) in [7, 11) is 1.67. The first-order chi connectivity index (χ1) is 14.7. The van der Waals surface area contributed by atoms with Crippen molar-refractivity contribution in [1.29, 1.82) is 0 Å². The summed E-state index contributed by atoms with van der Waals surface area (Å²) in [6, 6.07) is 18.7. The zero-order chi connectivity index (χ0) is 20.3. The maximum atomic E-state index is 13.9. The Morgan fingerprint density at radius 1 is 1.10 bits per heavy atom. The van der Waals surface area contributed by atoms with Crippen molar-refractivity contribution in [3.05, 3.63) is 66.4 Å². The second-order valence-electron chi connectivity index (χ2n) is 8.67. The first-order valence-corrected chi connectivity index (χ1v) is 10.8. The first-order valence-electron chi connectivity index (χ1n) is 10.8. The molecule has 1 amide bonds. The van der Waals surface area contributed by atoms with Gasteiger partial charge in [-0.2, -0.15) is 0 Å². The molecule has 3 aliphatic heterocycles. The van der Waals surface area contributed by atoms with Gasteiger partial charge in [0.15, 0.2) is 0 Å². The van der Waals surface area contributed by atoms with Crippen molar-refractivity contribution in [2.24, 2.45) is 5.92 Å². The number of hydrogen-bond acceptors (Lipinski definition) is 4. The Morgan fingerprint density at radius 3 is 2.90 bits per heavy atom. The number of nitrogens with zero attached hydrogens (tertiary/aromatic N) is 3. The molecular formula is C25H25N3O2. The Kier molecular flexibility index (Phi) is 3.90. The van der Waals surface area contributed by atoms with E-state index in [4.69, 9.17) is 4.74 Å². The summed E-state index contributed by atoms with van der Waals surface area (Å²) in [5, 5.41) is 1.21. The van der Waals surface area contributed by atoms with E-state index >= 15 is 0 Å². The summed E-state index contributed by atoms with van der Waals surface area (Å²) in [5.41, 5.74) is 2.86. The lowest BCUT2D eigenvalue weighted by Crippen LogP contribution is -2.49. The predicted molar refractivity (Wildman–Crippen MR) is 117 cm³/mol. The minimum absolute atomic E-state index is 0.246. The number of carbonyl (C=O) groups is 1. The van der Waals surface area contributed by atoms with Gasteiger partial charge < -0.3 is 9.64 Å². The fourth-order valence-corrected chi connectivity index (χ4v) is 6.27. The second kappa shape index (κ2) is 6.54. The molecule has 4 heterocycles. The van der Waals surface area contributed by atoms with Crippen LogP contribution in [0, 0.1) is 5.92 Å². The molecule has 3 fully saturated rings. The molecule has 3 atom stereocenters. The van der Waals surface area contributed by atoms with Gasteiger partial charge in [-0.3, -0.25) is 14.7 Å². The molecule has 0 aliphatic carbocycles. The average Bonchev–Trinajstić information content (AvgIpc) is 3.43. The number of ether oxygens (including phenoxy) is 1. The molecular weight excluding hydrogens is 374 g/mol. The molecule has 3 aromatic rings. The van der Waals surface area contributed by atoms with Gasteiger partial charge in [-0.05, 0) is 55.6 Å². The number of fused-ring (bicyclic) bond motifs is 1. The number of amides is 1. The number of rotatable bonds is 3. The number of methoxy groups -OCH3 is 1. The van der Waals surface area contributed by atoms with E-state index in [1.54, 1.807) is 7.11 Å². The quantitative estimate of drug-likeness (QED) is 0.663. The maximum absolute atomic E-state index is 13.9. The lowest BCUT2D eigenvalue weighted by molar-refractivity contribution is -0.126. The van der Waals surface area contributed by atoms with Crippen LogP contribution in [0.5, 0.6) is 5.75 Å². The standard InChI is InChI=1S/C25H25N3O2/c1-30-23-11-3-2-10-21(23)27-16-17-15-22(28-14-6-12-25(17,28)24(27)29)19-7-4-9-20-18(19)8-5-13-26-20/h2-5,7-11,13,17,22H,6,12,14-16H2,1H3/t17-,22-,25-/m0/s1. The Morgan fingerprint density at radius 2 is 2.00 bits per heavy atom. The van der Waals surface area contributed by atoms with Crippen LogP contribution in [0.15, 0.2) is 60.8 Å². The highest BCUT2D eigenvalue weighted by molar-refractivity contribution is 6.04. The molecule has 1 spiro atoms. The number of hydrogen-bond donors (Lipinski definition) is 0. The van der Waals surface area contributed by atoms with Gasteiger partial charge in [-0.15, -0.1) is 0 Å². The molecule has 6 rings (SSSR count). The van der Waals surface area contributed by atoms with E-state index < -0.39 is 0 Å².